The number of aromatic amines is 1. The molecule has 1 aromatic heterocycles. The van der Waals surface area contributed by atoms with Gasteiger partial charge in [-0.3, -0.25) is 9.89 Å². The SMILES string of the molecule is Cc1n[nH]c(C)c1C=C(C#N)C(=O)Nc1ccc(Cl)cc1Cl. The molecule has 112 valence electrons. The van der Waals surface area contributed by atoms with Crippen molar-refractivity contribution in [1.29, 1.82) is 5.26 Å². The second kappa shape index (κ2) is 6.65. The molecule has 2 rings (SSSR count). The predicted octanol–water partition coefficient (Wildman–Crippen LogP) is 3.88. The molecule has 0 saturated carbocycles. The summed E-state index contributed by atoms with van der Waals surface area (Å²) in [4.78, 5) is 12.2. The highest BCUT2D eigenvalue weighted by Gasteiger charge is 2.14. The minimum absolute atomic E-state index is 0.0429. The number of hydrogen-bond acceptors (Lipinski definition) is 3. The number of nitrogens with zero attached hydrogens (tertiary/aromatic N) is 2. The van der Waals surface area contributed by atoms with Gasteiger partial charge < -0.3 is 5.32 Å². The Labute approximate surface area is 137 Å². The Morgan fingerprint density at radius 1 is 1.41 bits per heavy atom. The molecule has 0 aliphatic rings. The standard InChI is InChI=1S/C15H12Cl2N4O/c1-8-12(9(2)21-20-8)5-10(7-18)15(22)19-14-4-3-11(16)6-13(14)17/h3-6H,1-2H3,(H,19,22)(H,20,21). The number of hydrogen-bond donors (Lipinski definition) is 2. The molecule has 7 heteroatoms. The van der Waals surface area contributed by atoms with Crippen LogP contribution >= 0.6 is 23.2 Å². The number of aromatic nitrogens is 2. The molecule has 0 fully saturated rings. The van der Waals surface area contributed by atoms with E-state index in [4.69, 9.17) is 23.2 Å². The lowest BCUT2D eigenvalue weighted by Crippen LogP contribution is -2.13. The molecule has 1 heterocycles. The summed E-state index contributed by atoms with van der Waals surface area (Å²) >= 11 is 11.8. The van der Waals surface area contributed by atoms with E-state index < -0.39 is 5.91 Å². The van der Waals surface area contributed by atoms with Crippen LogP contribution in [0.15, 0.2) is 23.8 Å². The van der Waals surface area contributed by atoms with E-state index in [1.807, 2.05) is 13.0 Å². The number of anilines is 1. The van der Waals surface area contributed by atoms with Gasteiger partial charge in [0.2, 0.25) is 0 Å². The zero-order valence-electron chi connectivity index (χ0n) is 11.9. The van der Waals surface area contributed by atoms with Gasteiger partial charge in [-0.25, -0.2) is 0 Å². The molecule has 2 N–H and O–H groups in total. The topological polar surface area (TPSA) is 81.6 Å². The first-order chi connectivity index (χ1) is 10.4. The number of carbonyl (C=O) groups is 1. The number of halogens is 2. The third kappa shape index (κ3) is 3.48. The van der Waals surface area contributed by atoms with E-state index in [0.717, 1.165) is 5.69 Å². The van der Waals surface area contributed by atoms with Gasteiger partial charge in [0.25, 0.3) is 5.91 Å². The molecule has 1 amide bonds. The zero-order chi connectivity index (χ0) is 16.3. The van der Waals surface area contributed by atoms with Crippen molar-refractivity contribution in [3.8, 4) is 6.07 Å². The lowest BCUT2D eigenvalue weighted by molar-refractivity contribution is -0.112. The average Bonchev–Trinajstić information content (AvgIpc) is 2.78. The lowest BCUT2D eigenvalue weighted by Gasteiger charge is -2.06. The molecule has 0 atom stereocenters. The highest BCUT2D eigenvalue weighted by Crippen LogP contribution is 2.26. The molecule has 5 nitrogen and oxygen atoms in total. The number of rotatable bonds is 3. The highest BCUT2D eigenvalue weighted by atomic mass is 35.5. The summed E-state index contributed by atoms with van der Waals surface area (Å²) in [6.45, 7) is 3.60. The first-order valence-electron chi connectivity index (χ1n) is 6.32. The molecule has 22 heavy (non-hydrogen) atoms. The van der Waals surface area contributed by atoms with E-state index in [2.05, 4.69) is 15.5 Å². The number of nitrogens with one attached hydrogen (secondary N) is 2. The summed E-state index contributed by atoms with van der Waals surface area (Å²) in [6, 6.07) is 6.57. The van der Waals surface area contributed by atoms with Crippen molar-refractivity contribution in [2.24, 2.45) is 0 Å². The van der Waals surface area contributed by atoms with Gasteiger partial charge in [-0.05, 0) is 38.1 Å². The second-order valence-electron chi connectivity index (χ2n) is 4.60. The first-order valence-corrected chi connectivity index (χ1v) is 7.07. The quantitative estimate of drug-likeness (QED) is 0.660. The molecule has 0 unspecified atom stereocenters. The van der Waals surface area contributed by atoms with E-state index in [1.54, 1.807) is 19.1 Å². The number of nitriles is 1. The fourth-order valence-corrected chi connectivity index (χ4v) is 2.30. The maximum atomic E-state index is 12.2. The van der Waals surface area contributed by atoms with Gasteiger partial charge in [-0.1, -0.05) is 23.2 Å². The average molecular weight is 335 g/mol. The molecular formula is C15H12Cl2N4O. The maximum Gasteiger partial charge on any atom is 0.266 e. The van der Waals surface area contributed by atoms with Crippen molar-refractivity contribution < 1.29 is 4.79 Å². The lowest BCUT2D eigenvalue weighted by atomic mass is 10.1. The fraction of sp³-hybridized carbons (Fsp3) is 0.133. The number of benzene rings is 1. The minimum atomic E-state index is -0.549. The summed E-state index contributed by atoms with van der Waals surface area (Å²) in [5.74, 6) is -0.549. The minimum Gasteiger partial charge on any atom is -0.320 e. The smallest absolute Gasteiger partial charge is 0.266 e. The van der Waals surface area contributed by atoms with Gasteiger partial charge in [0, 0.05) is 16.3 Å². The van der Waals surface area contributed by atoms with Crippen molar-refractivity contribution in [3.05, 3.63) is 50.8 Å². The van der Waals surface area contributed by atoms with Crippen LogP contribution in [0.1, 0.15) is 17.0 Å². The van der Waals surface area contributed by atoms with Crippen LogP contribution in [0.3, 0.4) is 0 Å². The van der Waals surface area contributed by atoms with E-state index in [-0.39, 0.29) is 5.57 Å². The van der Waals surface area contributed by atoms with Crippen LogP contribution in [-0.4, -0.2) is 16.1 Å². The summed E-state index contributed by atoms with van der Waals surface area (Å²) in [5.41, 5.74) is 2.55. The molecule has 0 saturated heterocycles. The first kappa shape index (κ1) is 16.1. The Morgan fingerprint density at radius 3 is 2.68 bits per heavy atom. The maximum absolute atomic E-state index is 12.2. The van der Waals surface area contributed by atoms with Gasteiger partial charge in [0.15, 0.2) is 0 Å². The monoisotopic (exact) mass is 334 g/mol. The van der Waals surface area contributed by atoms with Gasteiger partial charge in [0.1, 0.15) is 11.6 Å². The van der Waals surface area contributed by atoms with E-state index in [9.17, 15) is 10.1 Å². The number of carbonyl (C=O) groups excluding carboxylic acids is 1. The van der Waals surface area contributed by atoms with Crippen LogP contribution in [0.2, 0.25) is 10.0 Å². The predicted molar refractivity (Wildman–Crippen MR) is 86.7 cm³/mol. The van der Waals surface area contributed by atoms with Crippen molar-refractivity contribution in [2.75, 3.05) is 5.32 Å². The summed E-state index contributed by atoms with van der Waals surface area (Å²) in [7, 11) is 0. The Balaban J connectivity index is 2.29. The van der Waals surface area contributed by atoms with Crippen LogP contribution in [-0.2, 0) is 4.79 Å². The van der Waals surface area contributed by atoms with Gasteiger partial charge in [-0.15, -0.1) is 0 Å². The second-order valence-corrected chi connectivity index (χ2v) is 5.44. The molecule has 0 spiro atoms. The molecular weight excluding hydrogens is 323 g/mol. The number of amides is 1. The molecule has 0 aliphatic heterocycles. The Morgan fingerprint density at radius 2 is 2.14 bits per heavy atom. The van der Waals surface area contributed by atoms with E-state index in [0.29, 0.717) is 27.0 Å². The normalized spacial score (nSPS) is 11.1. The molecule has 2 aromatic rings. The summed E-state index contributed by atoms with van der Waals surface area (Å²) < 4.78 is 0. The zero-order valence-corrected chi connectivity index (χ0v) is 13.4. The molecule has 0 aliphatic carbocycles. The Bertz CT molecular complexity index is 783. The van der Waals surface area contributed by atoms with Crippen LogP contribution in [0.4, 0.5) is 5.69 Å². The van der Waals surface area contributed by atoms with Crippen LogP contribution in [0, 0.1) is 25.2 Å². The van der Waals surface area contributed by atoms with Crippen molar-refractivity contribution in [3.63, 3.8) is 0 Å². The molecule has 1 aromatic carbocycles. The van der Waals surface area contributed by atoms with Crippen LogP contribution in [0.25, 0.3) is 6.08 Å². The van der Waals surface area contributed by atoms with Gasteiger partial charge in [-0.2, -0.15) is 10.4 Å². The highest BCUT2D eigenvalue weighted by molar-refractivity contribution is 6.36. The molecule has 0 bridgehead atoms. The number of H-pyrrole nitrogens is 1. The number of aryl methyl sites for hydroxylation is 2. The van der Waals surface area contributed by atoms with Gasteiger partial charge >= 0.3 is 0 Å². The third-order valence-corrected chi connectivity index (χ3v) is 3.57. The Hall–Kier alpha value is -2.29. The van der Waals surface area contributed by atoms with Crippen LogP contribution in [0.5, 0.6) is 0 Å². The third-order valence-electron chi connectivity index (χ3n) is 3.02. The molecule has 0 radical (unpaired) electrons. The van der Waals surface area contributed by atoms with Crippen molar-refractivity contribution in [2.45, 2.75) is 13.8 Å². The fourth-order valence-electron chi connectivity index (χ4n) is 1.85. The van der Waals surface area contributed by atoms with Crippen molar-refractivity contribution >= 4 is 40.9 Å². The summed E-state index contributed by atoms with van der Waals surface area (Å²) in [6.07, 6.45) is 1.49. The van der Waals surface area contributed by atoms with E-state index in [1.165, 1.54) is 12.1 Å². The largest absolute Gasteiger partial charge is 0.320 e. The van der Waals surface area contributed by atoms with E-state index >= 15 is 0 Å². The van der Waals surface area contributed by atoms with Crippen molar-refractivity contribution in [1.82, 2.24) is 10.2 Å². The Kier molecular flexibility index (Phi) is 4.86. The van der Waals surface area contributed by atoms with Gasteiger partial charge in [0.05, 0.1) is 16.4 Å². The van der Waals surface area contributed by atoms with Crippen LogP contribution < -0.4 is 5.32 Å². The summed E-state index contributed by atoms with van der Waals surface area (Å²) in [5, 5.41) is 19.4.